The number of amides is 2. The van der Waals surface area contributed by atoms with Crippen molar-refractivity contribution in [2.24, 2.45) is 0 Å². The Labute approximate surface area is 136 Å². The van der Waals surface area contributed by atoms with Crippen molar-refractivity contribution in [1.29, 1.82) is 0 Å². The SMILES string of the molecule is O=C(NNC(=O)c1ccccc1Cl)c1ccc(Cl)c(Cl)c1. The highest BCUT2D eigenvalue weighted by atomic mass is 35.5. The molecule has 0 saturated carbocycles. The molecule has 0 atom stereocenters. The molecule has 0 aromatic heterocycles. The molecule has 0 spiro atoms. The lowest BCUT2D eigenvalue weighted by molar-refractivity contribution is 0.0847. The van der Waals surface area contributed by atoms with Crippen molar-refractivity contribution in [3.8, 4) is 0 Å². The van der Waals surface area contributed by atoms with Crippen LogP contribution in [0.1, 0.15) is 20.7 Å². The van der Waals surface area contributed by atoms with E-state index in [1.807, 2.05) is 0 Å². The second kappa shape index (κ2) is 6.80. The number of hydrazine groups is 1. The quantitative estimate of drug-likeness (QED) is 0.817. The van der Waals surface area contributed by atoms with Gasteiger partial charge in [-0.2, -0.15) is 0 Å². The first-order chi connectivity index (χ1) is 9.99. The molecule has 0 fully saturated rings. The Hall–Kier alpha value is -1.75. The number of rotatable bonds is 2. The van der Waals surface area contributed by atoms with Crippen molar-refractivity contribution in [3.63, 3.8) is 0 Å². The molecule has 4 nitrogen and oxygen atoms in total. The topological polar surface area (TPSA) is 58.2 Å². The standard InChI is InChI=1S/C14H9Cl3N2O2/c15-10-4-2-1-3-9(10)14(21)19-18-13(20)8-5-6-11(16)12(17)7-8/h1-7H,(H,18,20)(H,19,21). The maximum atomic E-state index is 11.9. The van der Waals surface area contributed by atoms with Crippen LogP contribution in [0.5, 0.6) is 0 Å². The fourth-order valence-corrected chi connectivity index (χ4v) is 2.06. The summed E-state index contributed by atoms with van der Waals surface area (Å²) in [6.45, 7) is 0. The molecule has 2 aromatic carbocycles. The van der Waals surface area contributed by atoms with Gasteiger partial charge in [0.1, 0.15) is 0 Å². The fourth-order valence-electron chi connectivity index (χ4n) is 1.54. The summed E-state index contributed by atoms with van der Waals surface area (Å²) >= 11 is 17.5. The van der Waals surface area contributed by atoms with Gasteiger partial charge in [-0.1, -0.05) is 46.9 Å². The zero-order valence-electron chi connectivity index (χ0n) is 10.5. The minimum Gasteiger partial charge on any atom is -0.267 e. The Kier molecular flexibility index (Phi) is 5.07. The van der Waals surface area contributed by atoms with E-state index < -0.39 is 11.8 Å². The van der Waals surface area contributed by atoms with Crippen LogP contribution in [0.4, 0.5) is 0 Å². The highest BCUT2D eigenvalue weighted by Gasteiger charge is 2.12. The van der Waals surface area contributed by atoms with Gasteiger partial charge >= 0.3 is 0 Å². The molecule has 2 aromatic rings. The van der Waals surface area contributed by atoms with Gasteiger partial charge in [0.2, 0.25) is 0 Å². The number of nitrogens with one attached hydrogen (secondary N) is 2. The van der Waals surface area contributed by atoms with Crippen molar-refractivity contribution in [1.82, 2.24) is 10.9 Å². The number of halogens is 3. The molecule has 2 N–H and O–H groups in total. The summed E-state index contributed by atoms with van der Waals surface area (Å²) in [4.78, 5) is 23.7. The molecule has 0 aliphatic rings. The smallest absolute Gasteiger partial charge is 0.267 e. The lowest BCUT2D eigenvalue weighted by atomic mass is 10.2. The predicted octanol–water partition coefficient (Wildman–Crippen LogP) is 3.72. The first kappa shape index (κ1) is 15.6. The summed E-state index contributed by atoms with van der Waals surface area (Å²) in [6, 6.07) is 10.9. The highest BCUT2D eigenvalue weighted by molar-refractivity contribution is 6.42. The average molecular weight is 344 g/mol. The molecule has 0 aliphatic carbocycles. The van der Waals surface area contributed by atoms with Crippen molar-refractivity contribution >= 4 is 46.6 Å². The Bertz CT molecular complexity index is 704. The van der Waals surface area contributed by atoms with Crippen LogP contribution in [0.3, 0.4) is 0 Å². The Morgan fingerprint density at radius 1 is 0.762 bits per heavy atom. The van der Waals surface area contributed by atoms with Gasteiger partial charge in [0, 0.05) is 5.56 Å². The fraction of sp³-hybridized carbons (Fsp3) is 0. The summed E-state index contributed by atoms with van der Waals surface area (Å²) in [5.74, 6) is -1.04. The molecular weight excluding hydrogens is 335 g/mol. The molecule has 2 amide bonds. The van der Waals surface area contributed by atoms with E-state index in [1.54, 1.807) is 24.3 Å². The molecule has 0 unspecified atom stereocenters. The second-order valence-electron chi connectivity index (χ2n) is 4.02. The normalized spacial score (nSPS) is 10.0. The van der Waals surface area contributed by atoms with Crippen LogP contribution in [0.2, 0.25) is 15.1 Å². The van der Waals surface area contributed by atoms with E-state index in [-0.39, 0.29) is 16.1 Å². The van der Waals surface area contributed by atoms with E-state index in [2.05, 4.69) is 10.9 Å². The summed E-state index contributed by atoms with van der Waals surface area (Å²) in [5.41, 5.74) is 5.07. The Morgan fingerprint density at radius 2 is 1.43 bits per heavy atom. The molecule has 0 saturated heterocycles. The number of carbonyl (C=O) groups excluding carboxylic acids is 2. The number of benzene rings is 2. The Morgan fingerprint density at radius 3 is 2.10 bits per heavy atom. The lowest BCUT2D eigenvalue weighted by Gasteiger charge is -2.08. The van der Waals surface area contributed by atoms with Gasteiger partial charge in [-0.15, -0.1) is 0 Å². The van der Waals surface area contributed by atoms with Gasteiger partial charge in [-0.3, -0.25) is 20.4 Å². The van der Waals surface area contributed by atoms with Crippen molar-refractivity contribution in [3.05, 3.63) is 68.7 Å². The van der Waals surface area contributed by atoms with Gasteiger partial charge in [0.05, 0.1) is 20.6 Å². The average Bonchev–Trinajstić information content (AvgIpc) is 2.47. The molecule has 108 valence electrons. The minimum absolute atomic E-state index is 0.252. The zero-order valence-corrected chi connectivity index (χ0v) is 12.8. The largest absolute Gasteiger partial charge is 0.271 e. The predicted molar refractivity (Wildman–Crippen MR) is 82.8 cm³/mol. The minimum atomic E-state index is -0.519. The molecule has 0 radical (unpaired) electrons. The summed E-state index contributed by atoms with van der Waals surface area (Å²) in [6.07, 6.45) is 0. The van der Waals surface area contributed by atoms with E-state index in [9.17, 15) is 9.59 Å². The van der Waals surface area contributed by atoms with Gasteiger partial charge in [0.15, 0.2) is 0 Å². The van der Waals surface area contributed by atoms with Crippen LogP contribution in [0.25, 0.3) is 0 Å². The van der Waals surface area contributed by atoms with Crippen LogP contribution >= 0.6 is 34.8 Å². The second-order valence-corrected chi connectivity index (χ2v) is 5.24. The van der Waals surface area contributed by atoms with Crippen LogP contribution in [0, 0.1) is 0 Å². The molecule has 7 heteroatoms. The van der Waals surface area contributed by atoms with Crippen LogP contribution < -0.4 is 10.9 Å². The van der Waals surface area contributed by atoms with Gasteiger partial charge in [-0.05, 0) is 30.3 Å². The maximum Gasteiger partial charge on any atom is 0.271 e. The van der Waals surface area contributed by atoms with Crippen molar-refractivity contribution < 1.29 is 9.59 Å². The third-order valence-corrected chi connectivity index (χ3v) is 3.66. The highest BCUT2D eigenvalue weighted by Crippen LogP contribution is 2.22. The first-order valence-corrected chi connectivity index (χ1v) is 6.92. The molecule has 0 heterocycles. The lowest BCUT2D eigenvalue weighted by Crippen LogP contribution is -2.41. The number of carbonyl (C=O) groups is 2. The molecular formula is C14H9Cl3N2O2. The third-order valence-electron chi connectivity index (χ3n) is 2.59. The Balaban J connectivity index is 2.02. The third kappa shape index (κ3) is 3.88. The molecule has 2 rings (SSSR count). The summed E-state index contributed by atoms with van der Waals surface area (Å²) in [5, 5.41) is 0.883. The first-order valence-electron chi connectivity index (χ1n) is 5.79. The van der Waals surface area contributed by atoms with E-state index in [4.69, 9.17) is 34.8 Å². The number of hydrogen-bond acceptors (Lipinski definition) is 2. The van der Waals surface area contributed by atoms with Crippen LogP contribution in [-0.4, -0.2) is 11.8 Å². The van der Waals surface area contributed by atoms with Gasteiger partial charge in [0.25, 0.3) is 11.8 Å². The summed E-state index contributed by atoms with van der Waals surface area (Å²) < 4.78 is 0. The molecule has 21 heavy (non-hydrogen) atoms. The molecule has 0 aliphatic heterocycles. The van der Waals surface area contributed by atoms with Crippen LogP contribution in [0.15, 0.2) is 42.5 Å². The van der Waals surface area contributed by atoms with Crippen molar-refractivity contribution in [2.45, 2.75) is 0 Å². The van der Waals surface area contributed by atoms with E-state index in [0.717, 1.165) is 0 Å². The van der Waals surface area contributed by atoms with E-state index >= 15 is 0 Å². The van der Waals surface area contributed by atoms with E-state index in [0.29, 0.717) is 10.0 Å². The monoisotopic (exact) mass is 342 g/mol. The molecule has 0 bridgehead atoms. The number of hydrogen-bond donors (Lipinski definition) is 2. The van der Waals surface area contributed by atoms with Crippen molar-refractivity contribution in [2.75, 3.05) is 0 Å². The van der Waals surface area contributed by atoms with E-state index in [1.165, 1.54) is 18.2 Å². The van der Waals surface area contributed by atoms with Gasteiger partial charge in [-0.25, -0.2) is 0 Å². The maximum absolute atomic E-state index is 11.9. The van der Waals surface area contributed by atoms with Gasteiger partial charge < -0.3 is 0 Å². The van der Waals surface area contributed by atoms with Crippen LogP contribution in [-0.2, 0) is 0 Å². The summed E-state index contributed by atoms with van der Waals surface area (Å²) in [7, 11) is 0. The zero-order chi connectivity index (χ0) is 15.4.